The molecule has 0 bridgehead atoms. The molecule has 0 spiro atoms. The van der Waals surface area contributed by atoms with Crippen molar-refractivity contribution < 1.29 is 5.11 Å². The van der Waals surface area contributed by atoms with Crippen LogP contribution in [0, 0.1) is 0 Å². The molecule has 0 fully saturated rings. The molecule has 1 atom stereocenters. The Hall–Kier alpha value is -3.53. The van der Waals surface area contributed by atoms with E-state index in [9.17, 15) is 5.11 Å². The van der Waals surface area contributed by atoms with Crippen molar-refractivity contribution in [3.63, 3.8) is 0 Å². The molecule has 2 heterocycles. The SMILES string of the molecule is CC(O)CNc1nccc(-n2ccnc2-c2ccc(NC(=S)Nc3ccc(Cl)cc3)cc2)n1. The Bertz CT molecular complexity index is 1230. The molecule has 0 aliphatic heterocycles. The summed E-state index contributed by atoms with van der Waals surface area (Å²) in [5, 5.41) is 19.9. The van der Waals surface area contributed by atoms with E-state index in [2.05, 4.69) is 30.9 Å². The first kappa shape index (κ1) is 22.7. The van der Waals surface area contributed by atoms with Gasteiger partial charge in [-0.2, -0.15) is 4.98 Å². The van der Waals surface area contributed by atoms with E-state index in [4.69, 9.17) is 23.8 Å². The summed E-state index contributed by atoms with van der Waals surface area (Å²) in [4.78, 5) is 13.2. The molecule has 0 saturated heterocycles. The van der Waals surface area contributed by atoms with Gasteiger partial charge in [-0.25, -0.2) is 9.97 Å². The van der Waals surface area contributed by atoms with Crippen molar-refractivity contribution in [2.75, 3.05) is 22.5 Å². The first-order valence-electron chi connectivity index (χ1n) is 10.2. The summed E-state index contributed by atoms with van der Waals surface area (Å²) in [7, 11) is 0. The van der Waals surface area contributed by atoms with Crippen LogP contribution in [0.3, 0.4) is 0 Å². The summed E-state index contributed by atoms with van der Waals surface area (Å²) in [6.45, 7) is 2.06. The first-order valence-corrected chi connectivity index (χ1v) is 11.0. The number of aromatic nitrogens is 4. The van der Waals surface area contributed by atoms with Crippen molar-refractivity contribution in [3.05, 3.63) is 78.2 Å². The fraction of sp³-hybridized carbons (Fsp3) is 0.130. The van der Waals surface area contributed by atoms with E-state index in [0.717, 1.165) is 22.8 Å². The minimum Gasteiger partial charge on any atom is -0.392 e. The summed E-state index contributed by atoms with van der Waals surface area (Å²) in [6, 6.07) is 16.9. The number of anilines is 3. The minimum atomic E-state index is -0.498. The van der Waals surface area contributed by atoms with Crippen LogP contribution in [0.2, 0.25) is 5.02 Å². The predicted octanol–water partition coefficient (Wildman–Crippen LogP) is 4.58. The highest BCUT2D eigenvalue weighted by Crippen LogP contribution is 2.23. The minimum absolute atomic E-state index is 0.365. The number of aliphatic hydroxyl groups is 1. The van der Waals surface area contributed by atoms with E-state index in [-0.39, 0.29) is 0 Å². The average molecular weight is 480 g/mol. The molecule has 4 N–H and O–H groups in total. The summed E-state index contributed by atoms with van der Waals surface area (Å²) >= 11 is 11.3. The number of hydrogen-bond acceptors (Lipinski definition) is 6. The van der Waals surface area contributed by atoms with Crippen LogP contribution < -0.4 is 16.0 Å². The van der Waals surface area contributed by atoms with Crippen LogP contribution >= 0.6 is 23.8 Å². The maximum atomic E-state index is 9.47. The zero-order valence-electron chi connectivity index (χ0n) is 17.7. The standard InChI is InChI=1S/C23H22ClN7OS/c1-15(32)14-27-22-26-11-10-20(30-22)31-13-12-25-21(31)16-2-6-18(7-3-16)28-23(33)29-19-8-4-17(24)5-9-19/h2-13,15,32H,14H2,1H3,(H,26,27,30)(H2,28,29,33). The van der Waals surface area contributed by atoms with Crippen molar-refractivity contribution in [1.29, 1.82) is 0 Å². The number of rotatable bonds is 7. The second-order valence-electron chi connectivity index (χ2n) is 7.25. The van der Waals surface area contributed by atoms with Gasteiger partial charge in [0.15, 0.2) is 5.11 Å². The molecule has 0 amide bonds. The lowest BCUT2D eigenvalue weighted by Crippen LogP contribution is -2.18. The van der Waals surface area contributed by atoms with Crippen molar-refractivity contribution in [2.45, 2.75) is 13.0 Å². The van der Waals surface area contributed by atoms with Gasteiger partial charge in [-0.1, -0.05) is 11.6 Å². The second kappa shape index (κ2) is 10.4. The Morgan fingerprint density at radius 3 is 2.33 bits per heavy atom. The Morgan fingerprint density at radius 2 is 1.67 bits per heavy atom. The van der Waals surface area contributed by atoms with Crippen molar-refractivity contribution in [2.24, 2.45) is 0 Å². The van der Waals surface area contributed by atoms with Crippen molar-refractivity contribution in [3.8, 4) is 17.2 Å². The molecular formula is C23H22ClN7OS. The highest BCUT2D eigenvalue weighted by molar-refractivity contribution is 7.80. The van der Waals surface area contributed by atoms with Crippen LogP contribution in [0.5, 0.6) is 0 Å². The zero-order valence-corrected chi connectivity index (χ0v) is 19.3. The van der Waals surface area contributed by atoms with Crippen LogP contribution in [0.4, 0.5) is 17.3 Å². The number of nitrogens with zero attached hydrogens (tertiary/aromatic N) is 4. The molecular weight excluding hydrogens is 458 g/mol. The third-order valence-electron chi connectivity index (χ3n) is 4.59. The monoisotopic (exact) mass is 479 g/mol. The fourth-order valence-corrected chi connectivity index (χ4v) is 3.40. The molecule has 0 aliphatic rings. The van der Waals surface area contributed by atoms with Gasteiger partial charge < -0.3 is 21.1 Å². The second-order valence-corrected chi connectivity index (χ2v) is 8.10. The number of imidazole rings is 1. The number of benzene rings is 2. The van der Waals surface area contributed by atoms with Gasteiger partial charge in [0.05, 0.1) is 6.10 Å². The van der Waals surface area contributed by atoms with Crippen molar-refractivity contribution >= 4 is 46.3 Å². The molecule has 10 heteroatoms. The van der Waals surface area contributed by atoms with E-state index in [1.54, 1.807) is 37.5 Å². The average Bonchev–Trinajstić information content (AvgIpc) is 3.30. The lowest BCUT2D eigenvalue weighted by atomic mass is 10.2. The third kappa shape index (κ3) is 6.04. The Morgan fingerprint density at radius 1 is 1.00 bits per heavy atom. The number of halogens is 1. The summed E-state index contributed by atoms with van der Waals surface area (Å²) in [5.74, 6) is 1.85. The molecule has 168 valence electrons. The Balaban J connectivity index is 1.46. The lowest BCUT2D eigenvalue weighted by molar-refractivity contribution is 0.208. The van der Waals surface area contributed by atoms with Crippen LogP contribution in [-0.4, -0.2) is 42.4 Å². The molecule has 4 rings (SSSR count). The van der Waals surface area contributed by atoms with Gasteiger partial charge in [0, 0.05) is 47.1 Å². The number of hydrogen-bond donors (Lipinski definition) is 4. The smallest absolute Gasteiger partial charge is 0.224 e. The van der Waals surface area contributed by atoms with Crippen molar-refractivity contribution in [1.82, 2.24) is 19.5 Å². The Labute approximate surface area is 201 Å². The predicted molar refractivity (Wildman–Crippen MR) is 136 cm³/mol. The molecule has 33 heavy (non-hydrogen) atoms. The third-order valence-corrected chi connectivity index (χ3v) is 5.04. The maximum Gasteiger partial charge on any atom is 0.224 e. The highest BCUT2D eigenvalue weighted by Gasteiger charge is 2.10. The van der Waals surface area contributed by atoms with Crippen LogP contribution in [-0.2, 0) is 0 Å². The van der Waals surface area contributed by atoms with E-state index in [1.165, 1.54) is 0 Å². The van der Waals surface area contributed by atoms with Crippen LogP contribution in [0.1, 0.15) is 6.92 Å². The maximum absolute atomic E-state index is 9.47. The Kier molecular flexibility index (Phi) is 7.13. The highest BCUT2D eigenvalue weighted by atomic mass is 35.5. The zero-order chi connectivity index (χ0) is 23.2. The quantitative estimate of drug-likeness (QED) is 0.286. The van der Waals surface area contributed by atoms with Crippen LogP contribution in [0.15, 0.2) is 73.2 Å². The van der Waals surface area contributed by atoms with E-state index in [0.29, 0.717) is 28.4 Å². The molecule has 1 unspecified atom stereocenters. The lowest BCUT2D eigenvalue weighted by Gasteiger charge is -2.12. The van der Waals surface area contributed by atoms with Gasteiger partial charge in [0.25, 0.3) is 0 Å². The van der Waals surface area contributed by atoms with E-state index in [1.807, 2.05) is 47.2 Å². The first-order chi connectivity index (χ1) is 16.0. The molecule has 0 aliphatic carbocycles. The molecule has 0 radical (unpaired) electrons. The van der Waals surface area contributed by atoms with Gasteiger partial charge in [0.2, 0.25) is 5.95 Å². The van der Waals surface area contributed by atoms with Crippen LogP contribution in [0.25, 0.3) is 17.2 Å². The summed E-state index contributed by atoms with van der Waals surface area (Å²) in [6.07, 6.45) is 4.73. The van der Waals surface area contributed by atoms with Gasteiger partial charge in [-0.15, -0.1) is 0 Å². The van der Waals surface area contributed by atoms with E-state index >= 15 is 0 Å². The summed E-state index contributed by atoms with van der Waals surface area (Å²) < 4.78 is 1.88. The molecule has 2 aromatic carbocycles. The normalized spacial score (nSPS) is 11.6. The molecule has 8 nitrogen and oxygen atoms in total. The largest absolute Gasteiger partial charge is 0.392 e. The fourth-order valence-electron chi connectivity index (χ4n) is 3.04. The van der Waals surface area contributed by atoms with Gasteiger partial charge in [0.1, 0.15) is 11.6 Å². The van der Waals surface area contributed by atoms with Gasteiger partial charge in [-0.05, 0) is 73.7 Å². The van der Waals surface area contributed by atoms with Gasteiger partial charge in [-0.3, -0.25) is 4.57 Å². The molecule has 2 aromatic heterocycles. The molecule has 0 saturated carbocycles. The topological polar surface area (TPSA) is 99.9 Å². The number of thiocarbonyl (C=S) groups is 1. The van der Waals surface area contributed by atoms with Gasteiger partial charge >= 0.3 is 0 Å². The number of aliphatic hydroxyl groups excluding tert-OH is 1. The summed E-state index contributed by atoms with van der Waals surface area (Å²) in [5.41, 5.74) is 2.61. The number of nitrogens with one attached hydrogen (secondary N) is 3. The molecule has 4 aromatic rings. The van der Waals surface area contributed by atoms with E-state index < -0.39 is 6.10 Å².